The van der Waals surface area contributed by atoms with Crippen molar-refractivity contribution < 1.29 is 45.7 Å². The molecule has 2 aromatic carbocycles. The average molecular weight is 532 g/mol. The number of hydrogen-bond donors (Lipinski definition) is 1. The molecule has 0 radical (unpaired) electrons. The summed E-state index contributed by atoms with van der Waals surface area (Å²) in [5.74, 6) is -2.49. The number of anilines is 2. The van der Waals surface area contributed by atoms with E-state index in [0.717, 1.165) is 0 Å². The van der Waals surface area contributed by atoms with Crippen LogP contribution in [0, 0.1) is 5.92 Å². The van der Waals surface area contributed by atoms with E-state index >= 15 is 0 Å². The molecule has 0 aliphatic carbocycles. The van der Waals surface area contributed by atoms with Crippen LogP contribution < -0.4 is 19.3 Å². The van der Waals surface area contributed by atoms with Gasteiger partial charge >= 0.3 is 18.5 Å². The molecule has 0 aromatic heterocycles. The topological polar surface area (TPSA) is 62.2 Å². The van der Waals surface area contributed by atoms with E-state index in [9.17, 15) is 31.1 Å². The van der Waals surface area contributed by atoms with Crippen LogP contribution >= 0.6 is 0 Å². The summed E-state index contributed by atoms with van der Waals surface area (Å²) in [5, 5.41) is 9.12. The number of piperidine rings is 1. The number of hydrogen-bond acceptors (Lipinski definition) is 5. The van der Waals surface area contributed by atoms with Crippen LogP contribution in [0.1, 0.15) is 25.7 Å². The number of alkyl halides is 6. The third-order valence-corrected chi connectivity index (χ3v) is 6.62. The van der Waals surface area contributed by atoms with Gasteiger partial charge in [0, 0.05) is 56.0 Å². The first kappa shape index (κ1) is 26.7. The summed E-state index contributed by atoms with van der Waals surface area (Å²) in [4.78, 5) is 14.6. The summed E-state index contributed by atoms with van der Waals surface area (Å²) in [7, 11) is 0. The number of rotatable bonds is 7. The number of halogens is 6. The van der Waals surface area contributed by atoms with Crippen LogP contribution in [0.15, 0.2) is 48.5 Å². The van der Waals surface area contributed by atoms with Crippen molar-refractivity contribution in [3.05, 3.63) is 48.5 Å². The van der Waals surface area contributed by atoms with Gasteiger partial charge in [0.1, 0.15) is 17.6 Å². The van der Waals surface area contributed by atoms with Gasteiger partial charge in [0.25, 0.3) is 0 Å². The number of carboxylic acids is 1. The van der Waals surface area contributed by atoms with Gasteiger partial charge in [-0.2, -0.15) is 13.2 Å². The largest absolute Gasteiger partial charge is 0.573 e. The molecule has 2 aliphatic heterocycles. The predicted octanol–water partition coefficient (Wildman–Crippen LogP) is 5.86. The first-order valence-corrected chi connectivity index (χ1v) is 11.8. The van der Waals surface area contributed by atoms with Gasteiger partial charge in [0.2, 0.25) is 0 Å². The van der Waals surface area contributed by atoms with Gasteiger partial charge < -0.3 is 24.4 Å². The molecular weight excluding hydrogens is 506 g/mol. The van der Waals surface area contributed by atoms with Crippen LogP contribution in [-0.4, -0.2) is 55.4 Å². The number of carboxylic acid groups (broad SMARTS) is 1. The van der Waals surface area contributed by atoms with Crippen molar-refractivity contribution >= 4 is 17.3 Å². The van der Waals surface area contributed by atoms with Gasteiger partial charge in [0.15, 0.2) is 0 Å². The number of aliphatic carboxylic acids is 1. The number of benzene rings is 2. The average Bonchev–Trinajstić information content (AvgIpc) is 3.23. The van der Waals surface area contributed by atoms with Crippen LogP contribution in [0.5, 0.6) is 11.5 Å². The molecule has 2 atom stereocenters. The fraction of sp³-hybridized carbons (Fsp3) is 0.480. The van der Waals surface area contributed by atoms with E-state index in [1.165, 1.54) is 23.1 Å². The van der Waals surface area contributed by atoms with Crippen molar-refractivity contribution in [3.8, 4) is 11.5 Å². The second-order valence-electron chi connectivity index (χ2n) is 9.22. The molecule has 0 amide bonds. The molecule has 2 aromatic rings. The standard InChI is InChI=1S/C25H26F6N2O4/c26-24(27,28)16-12-19(14-23(34)35)33(15-16)17-4-6-20(7-5-17)36-21-8-10-32(11-9-21)18-2-1-3-22(13-18)37-25(29,30)31/h1-7,13,16,19,21H,8-12,14-15H2,(H,34,35)/t16-,19-/m1/s1. The van der Waals surface area contributed by atoms with Gasteiger partial charge in [0.05, 0.1) is 12.3 Å². The highest BCUT2D eigenvalue weighted by atomic mass is 19.4. The van der Waals surface area contributed by atoms with Gasteiger partial charge in [-0.3, -0.25) is 4.79 Å². The molecule has 0 saturated carbocycles. The zero-order valence-electron chi connectivity index (χ0n) is 19.6. The quantitative estimate of drug-likeness (QED) is 0.451. The maximum atomic E-state index is 13.3. The van der Waals surface area contributed by atoms with E-state index in [4.69, 9.17) is 9.84 Å². The van der Waals surface area contributed by atoms with Crippen molar-refractivity contribution in [1.29, 1.82) is 0 Å². The molecule has 0 bridgehead atoms. The Bertz CT molecular complexity index is 1070. The molecule has 4 rings (SSSR count). The fourth-order valence-corrected chi connectivity index (χ4v) is 4.88. The highest BCUT2D eigenvalue weighted by Crippen LogP contribution is 2.40. The Morgan fingerprint density at radius 1 is 0.946 bits per heavy atom. The second-order valence-corrected chi connectivity index (χ2v) is 9.22. The van der Waals surface area contributed by atoms with Crippen LogP contribution in [0.2, 0.25) is 0 Å². The van der Waals surface area contributed by atoms with E-state index in [1.54, 1.807) is 30.3 Å². The molecule has 2 saturated heterocycles. The first-order chi connectivity index (χ1) is 17.4. The zero-order chi connectivity index (χ0) is 26.8. The van der Waals surface area contributed by atoms with E-state index in [0.29, 0.717) is 43.1 Å². The highest BCUT2D eigenvalue weighted by molar-refractivity contribution is 5.69. The van der Waals surface area contributed by atoms with Crippen LogP contribution in [0.4, 0.5) is 37.7 Å². The molecule has 0 unspecified atom stereocenters. The summed E-state index contributed by atoms with van der Waals surface area (Å²) >= 11 is 0. The molecule has 0 spiro atoms. The smallest absolute Gasteiger partial charge is 0.490 e. The number of carbonyl (C=O) groups is 1. The molecule has 2 fully saturated rings. The summed E-state index contributed by atoms with van der Waals surface area (Å²) in [6.07, 6.45) is -8.71. The normalized spacial score (nSPS) is 21.2. The zero-order valence-corrected chi connectivity index (χ0v) is 19.6. The lowest BCUT2D eigenvalue weighted by molar-refractivity contribution is -0.274. The van der Waals surface area contributed by atoms with E-state index in [1.807, 2.05) is 4.90 Å². The third-order valence-electron chi connectivity index (χ3n) is 6.62. The van der Waals surface area contributed by atoms with Crippen molar-refractivity contribution in [2.45, 2.75) is 50.4 Å². The number of nitrogens with zero attached hydrogens (tertiary/aromatic N) is 2. The lowest BCUT2D eigenvalue weighted by atomic mass is 10.0. The number of ether oxygens (including phenoxy) is 2. The molecular formula is C25H26F6N2O4. The molecule has 37 heavy (non-hydrogen) atoms. The summed E-state index contributed by atoms with van der Waals surface area (Å²) in [5.41, 5.74) is 1.12. The minimum atomic E-state index is -4.76. The lowest BCUT2D eigenvalue weighted by Crippen LogP contribution is -2.38. The Balaban J connectivity index is 1.33. The Labute approximate surface area is 209 Å². The first-order valence-electron chi connectivity index (χ1n) is 11.8. The lowest BCUT2D eigenvalue weighted by Gasteiger charge is -2.34. The molecule has 202 valence electrons. The van der Waals surface area contributed by atoms with Gasteiger partial charge in [-0.1, -0.05) is 6.07 Å². The SMILES string of the molecule is O=C(O)C[C@H]1C[C@@H](C(F)(F)F)CN1c1ccc(OC2CCN(c3cccc(OC(F)(F)F)c3)CC2)cc1. The van der Waals surface area contributed by atoms with Gasteiger partial charge in [-0.05, 0) is 42.8 Å². The molecule has 6 nitrogen and oxygen atoms in total. The second kappa shape index (κ2) is 10.6. The van der Waals surface area contributed by atoms with Crippen LogP contribution in [0.25, 0.3) is 0 Å². The monoisotopic (exact) mass is 532 g/mol. The molecule has 12 heteroatoms. The van der Waals surface area contributed by atoms with Crippen LogP contribution in [-0.2, 0) is 4.79 Å². The Kier molecular flexibility index (Phi) is 7.65. The molecule has 2 aliphatic rings. The maximum Gasteiger partial charge on any atom is 0.573 e. The van der Waals surface area contributed by atoms with Gasteiger partial charge in [-0.25, -0.2) is 0 Å². The predicted molar refractivity (Wildman–Crippen MR) is 123 cm³/mol. The van der Waals surface area contributed by atoms with E-state index in [2.05, 4.69) is 4.74 Å². The summed E-state index contributed by atoms with van der Waals surface area (Å²) in [6.45, 7) is 0.818. The maximum absolute atomic E-state index is 13.3. The Morgan fingerprint density at radius 3 is 2.22 bits per heavy atom. The van der Waals surface area contributed by atoms with E-state index in [-0.39, 0.29) is 31.2 Å². The van der Waals surface area contributed by atoms with E-state index < -0.39 is 30.5 Å². The summed E-state index contributed by atoms with van der Waals surface area (Å²) < 4.78 is 87.3. The molecule has 2 heterocycles. The fourth-order valence-electron chi connectivity index (χ4n) is 4.88. The highest BCUT2D eigenvalue weighted by Gasteiger charge is 2.48. The van der Waals surface area contributed by atoms with Crippen molar-refractivity contribution in [2.75, 3.05) is 29.4 Å². The van der Waals surface area contributed by atoms with Crippen molar-refractivity contribution in [2.24, 2.45) is 5.92 Å². The Hall–Kier alpha value is -3.31. The summed E-state index contributed by atoms with van der Waals surface area (Å²) in [6, 6.07) is 11.6. The molecule has 1 N–H and O–H groups in total. The van der Waals surface area contributed by atoms with Crippen molar-refractivity contribution in [1.82, 2.24) is 0 Å². The minimum Gasteiger partial charge on any atom is -0.490 e. The minimum absolute atomic E-state index is 0.141. The van der Waals surface area contributed by atoms with Gasteiger partial charge in [-0.15, -0.1) is 13.2 Å². The Morgan fingerprint density at radius 2 is 1.62 bits per heavy atom. The van der Waals surface area contributed by atoms with Crippen molar-refractivity contribution in [3.63, 3.8) is 0 Å². The third kappa shape index (κ3) is 7.14. The van der Waals surface area contributed by atoms with Crippen LogP contribution in [0.3, 0.4) is 0 Å².